The molecule has 198 valence electrons. The van der Waals surface area contributed by atoms with Crippen LogP contribution >= 0.6 is 0 Å². The van der Waals surface area contributed by atoms with Crippen LogP contribution in [0.1, 0.15) is 32.4 Å². The van der Waals surface area contributed by atoms with Crippen molar-refractivity contribution in [3.63, 3.8) is 0 Å². The van der Waals surface area contributed by atoms with Crippen LogP contribution in [-0.4, -0.2) is 80.8 Å². The molecule has 1 aliphatic heterocycles. The molecule has 10 heteroatoms. The van der Waals surface area contributed by atoms with E-state index in [1.165, 1.54) is 4.90 Å². The Labute approximate surface area is 216 Å². The van der Waals surface area contributed by atoms with Gasteiger partial charge in [0, 0.05) is 32.5 Å². The van der Waals surface area contributed by atoms with E-state index in [-0.39, 0.29) is 37.6 Å². The number of ether oxygens (including phenoxy) is 2. The van der Waals surface area contributed by atoms with Gasteiger partial charge >= 0.3 is 6.09 Å². The van der Waals surface area contributed by atoms with Crippen LogP contribution in [0.3, 0.4) is 0 Å². The Morgan fingerprint density at radius 3 is 2.84 bits per heavy atom. The lowest BCUT2D eigenvalue weighted by molar-refractivity contribution is -0.136. The normalized spacial score (nSPS) is 20.0. The fourth-order valence-corrected chi connectivity index (χ4v) is 4.45. The molecule has 0 unspecified atom stereocenters. The average Bonchev–Trinajstić information content (AvgIpc) is 3.36. The highest BCUT2D eigenvalue weighted by atomic mass is 16.6. The number of likely N-dealkylation sites (N-methyl/N-ethyl adjacent to an activating group) is 1. The summed E-state index contributed by atoms with van der Waals surface area (Å²) < 4.78 is 13.6. The molecule has 4 rings (SSSR count). The molecule has 3 aromatic rings. The first kappa shape index (κ1) is 26.6. The number of hydrogen-bond donors (Lipinski definition) is 1. The number of carbonyl (C=O) groups is 2. The van der Waals surface area contributed by atoms with Crippen molar-refractivity contribution in [3.05, 3.63) is 54.4 Å². The molecule has 0 radical (unpaired) electrons. The Morgan fingerprint density at radius 1 is 1.27 bits per heavy atom. The lowest BCUT2D eigenvalue weighted by Gasteiger charge is -2.35. The number of benzene rings is 2. The summed E-state index contributed by atoms with van der Waals surface area (Å²) in [7, 11) is 1.66. The van der Waals surface area contributed by atoms with E-state index in [2.05, 4.69) is 10.3 Å². The maximum atomic E-state index is 13.0. The second-order valence-corrected chi connectivity index (χ2v) is 9.74. The van der Waals surface area contributed by atoms with Crippen molar-refractivity contribution < 1.29 is 24.2 Å². The van der Waals surface area contributed by atoms with E-state index in [9.17, 15) is 14.7 Å². The van der Waals surface area contributed by atoms with Gasteiger partial charge in [-0.3, -0.25) is 9.48 Å². The number of fused-ring (bicyclic) bond motifs is 3. The Balaban J connectivity index is 1.48. The number of hydrogen-bond acceptors (Lipinski definition) is 7. The van der Waals surface area contributed by atoms with Gasteiger partial charge < -0.3 is 24.4 Å². The first-order chi connectivity index (χ1) is 17.8. The number of rotatable bonds is 5. The summed E-state index contributed by atoms with van der Waals surface area (Å²) in [6.07, 6.45) is 1.86. The van der Waals surface area contributed by atoms with Crippen molar-refractivity contribution in [2.75, 3.05) is 26.7 Å². The predicted molar refractivity (Wildman–Crippen MR) is 138 cm³/mol. The molecule has 2 heterocycles. The number of aliphatic hydroxyl groups is 1. The summed E-state index contributed by atoms with van der Waals surface area (Å²) in [6, 6.07) is 13.1. The van der Waals surface area contributed by atoms with Gasteiger partial charge in [-0.15, -0.1) is 5.10 Å². The largest absolute Gasteiger partial charge is 0.415 e. The van der Waals surface area contributed by atoms with Gasteiger partial charge in [0.15, 0.2) is 0 Å². The molecule has 1 aromatic heterocycles. The molecule has 0 saturated heterocycles. The molecular weight excluding hydrogens is 474 g/mol. The van der Waals surface area contributed by atoms with Crippen LogP contribution in [0.15, 0.2) is 48.7 Å². The van der Waals surface area contributed by atoms with E-state index < -0.39 is 12.2 Å². The fraction of sp³-hybridized carbons (Fsp3) is 0.481. The van der Waals surface area contributed by atoms with Gasteiger partial charge in [0.2, 0.25) is 5.91 Å². The van der Waals surface area contributed by atoms with Crippen LogP contribution < -0.4 is 4.74 Å². The molecule has 2 amide bonds. The highest BCUT2D eigenvalue weighted by molar-refractivity contribution is 5.84. The van der Waals surface area contributed by atoms with Crippen LogP contribution in [0.25, 0.3) is 10.8 Å². The van der Waals surface area contributed by atoms with E-state index in [0.717, 1.165) is 10.8 Å². The number of aromatic nitrogens is 3. The molecule has 0 aliphatic carbocycles. The molecule has 3 atom stereocenters. The summed E-state index contributed by atoms with van der Waals surface area (Å²) in [5.41, 5.74) is 0.685. The van der Waals surface area contributed by atoms with Crippen molar-refractivity contribution in [2.24, 2.45) is 5.92 Å². The number of carbonyl (C=O) groups excluding carboxylic acids is 2. The molecule has 0 spiro atoms. The average molecular weight is 510 g/mol. The van der Waals surface area contributed by atoms with Gasteiger partial charge in [-0.25, -0.2) is 4.79 Å². The summed E-state index contributed by atoms with van der Waals surface area (Å²) in [5.74, 6) is 0.296. The molecule has 1 N–H and O–H groups in total. The molecule has 10 nitrogen and oxygen atoms in total. The summed E-state index contributed by atoms with van der Waals surface area (Å²) >= 11 is 0. The van der Waals surface area contributed by atoms with E-state index in [1.807, 2.05) is 56.4 Å². The molecule has 0 fully saturated rings. The molecule has 0 saturated carbocycles. The Hall–Kier alpha value is -3.50. The minimum Gasteiger partial charge on any atom is -0.410 e. The number of aryl methyl sites for hydroxylation is 1. The zero-order chi connectivity index (χ0) is 26.4. The van der Waals surface area contributed by atoms with Crippen LogP contribution in [0.2, 0.25) is 0 Å². The third kappa shape index (κ3) is 6.84. The maximum Gasteiger partial charge on any atom is 0.415 e. The van der Waals surface area contributed by atoms with Crippen LogP contribution in [0.4, 0.5) is 4.79 Å². The first-order valence-electron chi connectivity index (χ1n) is 12.7. The van der Waals surface area contributed by atoms with E-state index in [1.54, 1.807) is 22.7 Å². The van der Waals surface area contributed by atoms with Crippen molar-refractivity contribution in [3.8, 4) is 5.75 Å². The first-order valence-corrected chi connectivity index (χ1v) is 12.7. The van der Waals surface area contributed by atoms with Crippen LogP contribution in [0.5, 0.6) is 5.75 Å². The smallest absolute Gasteiger partial charge is 0.410 e. The molecular formula is C27H35N5O5. The topological polar surface area (TPSA) is 110 Å². The summed E-state index contributed by atoms with van der Waals surface area (Å²) in [5, 5.41) is 20.1. The lowest BCUT2D eigenvalue weighted by Crippen LogP contribution is -2.48. The zero-order valence-electron chi connectivity index (χ0n) is 21.6. The number of amides is 2. The molecule has 2 aromatic carbocycles. The Bertz CT molecular complexity index is 1210. The van der Waals surface area contributed by atoms with Crippen molar-refractivity contribution in [1.29, 1.82) is 0 Å². The standard InChI is InChI=1S/C27H35N5O5/c1-19-14-32(20(2)17-33)26(34)9-6-12-31-15-23(28-29-31)18-36-25(19)16-30(3)27(35)37-24-11-10-21-7-4-5-8-22(21)13-24/h4-5,7-8,10-11,13,15,19-20,25,33H,6,9,12,14,16-18H2,1-3H3/t19-,20-,25+/m0/s1. The predicted octanol–water partition coefficient (Wildman–Crippen LogP) is 3.09. The Kier molecular flexibility index (Phi) is 8.73. The highest BCUT2D eigenvalue weighted by Gasteiger charge is 2.29. The van der Waals surface area contributed by atoms with Crippen molar-refractivity contribution in [2.45, 2.75) is 52.0 Å². The monoisotopic (exact) mass is 509 g/mol. The summed E-state index contributed by atoms with van der Waals surface area (Å²) in [6.45, 7) is 5.12. The second kappa shape index (κ2) is 12.2. The third-order valence-corrected chi connectivity index (χ3v) is 6.74. The molecule has 1 aliphatic rings. The second-order valence-electron chi connectivity index (χ2n) is 9.74. The maximum absolute atomic E-state index is 13.0. The van der Waals surface area contributed by atoms with Crippen molar-refractivity contribution >= 4 is 22.8 Å². The van der Waals surface area contributed by atoms with Gasteiger partial charge in [0.1, 0.15) is 11.4 Å². The van der Waals surface area contributed by atoms with Gasteiger partial charge in [-0.05, 0) is 36.2 Å². The minimum absolute atomic E-state index is 0.0317. The third-order valence-electron chi connectivity index (χ3n) is 6.74. The van der Waals surface area contributed by atoms with E-state index in [0.29, 0.717) is 37.4 Å². The molecule has 37 heavy (non-hydrogen) atoms. The quantitative estimate of drug-likeness (QED) is 0.563. The van der Waals surface area contributed by atoms with Gasteiger partial charge in [-0.1, -0.05) is 42.5 Å². The number of aliphatic hydroxyl groups excluding tert-OH is 1. The van der Waals surface area contributed by atoms with Gasteiger partial charge in [0.05, 0.1) is 38.1 Å². The fourth-order valence-electron chi connectivity index (χ4n) is 4.45. The SMILES string of the molecule is C[C@H]1CN([C@@H](C)CO)C(=O)CCCn2cc(nn2)CO[C@@H]1CN(C)C(=O)Oc1ccc2ccccc2c1. The van der Waals surface area contributed by atoms with Gasteiger partial charge in [0.25, 0.3) is 0 Å². The summed E-state index contributed by atoms with van der Waals surface area (Å²) in [4.78, 5) is 29.1. The zero-order valence-corrected chi connectivity index (χ0v) is 21.6. The van der Waals surface area contributed by atoms with E-state index in [4.69, 9.17) is 9.47 Å². The van der Waals surface area contributed by atoms with Crippen LogP contribution in [0, 0.1) is 5.92 Å². The van der Waals surface area contributed by atoms with Gasteiger partial charge in [-0.2, -0.15) is 0 Å². The Morgan fingerprint density at radius 2 is 2.05 bits per heavy atom. The minimum atomic E-state index is -0.503. The van der Waals surface area contributed by atoms with Crippen molar-refractivity contribution in [1.82, 2.24) is 24.8 Å². The van der Waals surface area contributed by atoms with E-state index >= 15 is 0 Å². The number of nitrogens with zero attached hydrogens (tertiary/aromatic N) is 5. The highest BCUT2D eigenvalue weighted by Crippen LogP contribution is 2.22. The lowest BCUT2D eigenvalue weighted by atomic mass is 10.0. The van der Waals surface area contributed by atoms with Crippen LogP contribution in [-0.2, 0) is 22.7 Å². The molecule has 2 bridgehead atoms.